The van der Waals surface area contributed by atoms with E-state index in [1.807, 2.05) is 11.3 Å². The number of hydrogen-bond acceptors (Lipinski definition) is 4. The van der Waals surface area contributed by atoms with E-state index in [-0.39, 0.29) is 0 Å². The van der Waals surface area contributed by atoms with E-state index in [1.165, 1.54) is 41.2 Å². The summed E-state index contributed by atoms with van der Waals surface area (Å²) in [5.74, 6) is 1.56. The fraction of sp³-hybridized carbons (Fsp3) is 0.381. The molecule has 0 aliphatic carbocycles. The molecule has 0 spiro atoms. The van der Waals surface area contributed by atoms with Crippen LogP contribution in [0.1, 0.15) is 29.3 Å². The first-order chi connectivity index (χ1) is 12.3. The number of ether oxygens (including phenoxy) is 1. The van der Waals surface area contributed by atoms with Gasteiger partial charge in [0.1, 0.15) is 5.75 Å². The summed E-state index contributed by atoms with van der Waals surface area (Å²) < 4.78 is 6.54. The largest absolute Gasteiger partial charge is 0.497 e. The summed E-state index contributed by atoms with van der Waals surface area (Å²) in [6.07, 6.45) is 3.56. The Morgan fingerprint density at radius 1 is 1.08 bits per heavy atom. The van der Waals surface area contributed by atoms with Crippen LogP contribution in [-0.4, -0.2) is 36.6 Å². The highest BCUT2D eigenvalue weighted by Crippen LogP contribution is 2.33. The Balaban J connectivity index is 1.30. The van der Waals surface area contributed by atoms with Crippen LogP contribution in [0.5, 0.6) is 5.75 Å². The van der Waals surface area contributed by atoms with Crippen molar-refractivity contribution >= 4 is 21.6 Å². The van der Waals surface area contributed by atoms with Crippen LogP contribution in [0.4, 0.5) is 0 Å². The van der Waals surface area contributed by atoms with Crippen molar-refractivity contribution in [2.75, 3.05) is 26.7 Å². The number of fused-ring (bicyclic) bond motifs is 1. The summed E-state index contributed by atoms with van der Waals surface area (Å²) in [5, 5.41) is 1.33. The molecule has 0 amide bonds. The van der Waals surface area contributed by atoms with Crippen LogP contribution in [0.15, 0.2) is 48.5 Å². The Morgan fingerprint density at radius 2 is 1.84 bits per heavy atom. The molecule has 0 unspecified atom stereocenters. The molecule has 3 aromatic rings. The minimum Gasteiger partial charge on any atom is -0.497 e. The number of thiazole rings is 1. The highest BCUT2D eigenvalue weighted by atomic mass is 32.1. The molecule has 1 saturated heterocycles. The lowest BCUT2D eigenvalue weighted by atomic mass is 9.97. The third-order valence-electron chi connectivity index (χ3n) is 5.12. The fourth-order valence-corrected chi connectivity index (χ4v) is 4.68. The molecule has 0 bridgehead atoms. The van der Waals surface area contributed by atoms with Crippen molar-refractivity contribution in [1.29, 1.82) is 0 Å². The maximum absolute atomic E-state index is 5.22. The smallest absolute Gasteiger partial charge is 0.118 e. The Kier molecular flexibility index (Phi) is 4.99. The van der Waals surface area contributed by atoms with Gasteiger partial charge in [-0.2, -0.15) is 0 Å². The number of likely N-dealkylation sites (tertiary alicyclic amines) is 1. The lowest BCUT2D eigenvalue weighted by Gasteiger charge is -2.31. The van der Waals surface area contributed by atoms with Crippen molar-refractivity contribution in [3.8, 4) is 5.75 Å². The Bertz CT molecular complexity index is 786. The van der Waals surface area contributed by atoms with Gasteiger partial charge in [0.05, 0.1) is 22.3 Å². The van der Waals surface area contributed by atoms with E-state index in [1.54, 1.807) is 7.11 Å². The van der Waals surface area contributed by atoms with Gasteiger partial charge in [0.15, 0.2) is 0 Å². The molecule has 4 rings (SSSR count). The Hall–Kier alpha value is -1.91. The van der Waals surface area contributed by atoms with E-state index >= 15 is 0 Å². The van der Waals surface area contributed by atoms with Gasteiger partial charge in [0, 0.05) is 12.5 Å². The Morgan fingerprint density at radius 3 is 2.56 bits per heavy atom. The van der Waals surface area contributed by atoms with Crippen LogP contribution >= 0.6 is 11.3 Å². The first-order valence-electron chi connectivity index (χ1n) is 9.02. The molecule has 1 aliphatic heterocycles. The minimum atomic E-state index is 0.634. The number of nitrogens with zero attached hydrogens (tertiary/aromatic N) is 2. The zero-order chi connectivity index (χ0) is 17.1. The lowest BCUT2D eigenvalue weighted by Crippen LogP contribution is -2.34. The van der Waals surface area contributed by atoms with E-state index in [2.05, 4.69) is 53.4 Å². The fourth-order valence-electron chi connectivity index (χ4n) is 3.55. The predicted octanol–water partition coefficient (Wildman–Crippen LogP) is 4.73. The maximum Gasteiger partial charge on any atom is 0.118 e. The molecular formula is C21H24N2OS. The third-order valence-corrected chi connectivity index (χ3v) is 6.32. The van der Waals surface area contributed by atoms with E-state index in [4.69, 9.17) is 9.72 Å². The number of methoxy groups -OCH3 is 1. The zero-order valence-electron chi connectivity index (χ0n) is 14.6. The number of piperidine rings is 1. The number of para-hydroxylation sites is 1. The van der Waals surface area contributed by atoms with Crippen LogP contribution in [0.2, 0.25) is 0 Å². The Labute approximate surface area is 153 Å². The quantitative estimate of drug-likeness (QED) is 0.664. The second-order valence-corrected chi connectivity index (χ2v) is 7.80. The number of aromatic nitrogens is 1. The van der Waals surface area contributed by atoms with Crippen molar-refractivity contribution in [1.82, 2.24) is 9.88 Å². The normalized spacial score (nSPS) is 16.4. The maximum atomic E-state index is 5.22. The molecule has 25 heavy (non-hydrogen) atoms. The van der Waals surface area contributed by atoms with Crippen molar-refractivity contribution in [3.05, 3.63) is 59.1 Å². The molecule has 4 heteroatoms. The molecule has 0 atom stereocenters. The molecule has 130 valence electrons. The summed E-state index contributed by atoms with van der Waals surface area (Å²) in [6.45, 7) is 3.49. The summed E-state index contributed by atoms with van der Waals surface area (Å²) in [4.78, 5) is 7.45. The molecule has 0 radical (unpaired) electrons. The molecule has 2 heterocycles. The molecule has 1 fully saturated rings. The van der Waals surface area contributed by atoms with Crippen molar-refractivity contribution in [3.63, 3.8) is 0 Å². The van der Waals surface area contributed by atoms with Gasteiger partial charge < -0.3 is 9.64 Å². The van der Waals surface area contributed by atoms with Gasteiger partial charge in [-0.05, 0) is 62.2 Å². The van der Waals surface area contributed by atoms with Gasteiger partial charge in [-0.3, -0.25) is 0 Å². The van der Waals surface area contributed by atoms with E-state index in [0.717, 1.165) is 24.2 Å². The highest BCUT2D eigenvalue weighted by molar-refractivity contribution is 7.18. The van der Waals surface area contributed by atoms with Gasteiger partial charge in [0.25, 0.3) is 0 Å². The monoisotopic (exact) mass is 352 g/mol. The highest BCUT2D eigenvalue weighted by Gasteiger charge is 2.23. The van der Waals surface area contributed by atoms with Crippen LogP contribution in [0.25, 0.3) is 10.2 Å². The van der Waals surface area contributed by atoms with Crippen LogP contribution in [-0.2, 0) is 6.42 Å². The SMILES string of the molecule is COc1ccc(CCN2CCC(c3nc4ccccc4s3)CC2)cc1. The number of hydrogen-bond donors (Lipinski definition) is 0. The van der Waals surface area contributed by atoms with Crippen molar-refractivity contribution < 1.29 is 4.74 Å². The van der Waals surface area contributed by atoms with Gasteiger partial charge >= 0.3 is 0 Å². The molecule has 0 N–H and O–H groups in total. The average molecular weight is 353 g/mol. The predicted molar refractivity (Wildman–Crippen MR) is 105 cm³/mol. The van der Waals surface area contributed by atoms with Gasteiger partial charge in [-0.1, -0.05) is 24.3 Å². The lowest BCUT2D eigenvalue weighted by molar-refractivity contribution is 0.214. The second-order valence-electron chi connectivity index (χ2n) is 6.73. The summed E-state index contributed by atoms with van der Waals surface area (Å²) >= 11 is 1.88. The number of benzene rings is 2. The van der Waals surface area contributed by atoms with Gasteiger partial charge in [0.2, 0.25) is 0 Å². The first kappa shape index (κ1) is 16.6. The molecule has 3 nitrogen and oxygen atoms in total. The summed E-state index contributed by atoms with van der Waals surface area (Å²) in [6, 6.07) is 16.9. The molecule has 1 aromatic heterocycles. The van der Waals surface area contributed by atoms with E-state index < -0.39 is 0 Å². The van der Waals surface area contributed by atoms with Crippen molar-refractivity contribution in [2.24, 2.45) is 0 Å². The van der Waals surface area contributed by atoms with Crippen LogP contribution < -0.4 is 4.74 Å². The van der Waals surface area contributed by atoms with E-state index in [9.17, 15) is 0 Å². The molecule has 2 aromatic carbocycles. The van der Waals surface area contributed by atoms with Crippen molar-refractivity contribution in [2.45, 2.75) is 25.2 Å². The molecule has 0 saturated carbocycles. The molecule has 1 aliphatic rings. The zero-order valence-corrected chi connectivity index (χ0v) is 15.5. The molecular weight excluding hydrogens is 328 g/mol. The summed E-state index contributed by atoms with van der Waals surface area (Å²) in [5.41, 5.74) is 2.54. The van der Waals surface area contributed by atoms with Crippen LogP contribution in [0.3, 0.4) is 0 Å². The average Bonchev–Trinajstić information content (AvgIpc) is 3.11. The first-order valence-corrected chi connectivity index (χ1v) is 9.84. The minimum absolute atomic E-state index is 0.634. The van der Waals surface area contributed by atoms with Gasteiger partial charge in [-0.15, -0.1) is 11.3 Å². The van der Waals surface area contributed by atoms with E-state index in [0.29, 0.717) is 5.92 Å². The van der Waals surface area contributed by atoms with Gasteiger partial charge in [-0.25, -0.2) is 4.98 Å². The van der Waals surface area contributed by atoms with Crippen LogP contribution in [0, 0.1) is 0 Å². The standard InChI is InChI=1S/C21H24N2OS/c1-24-18-8-6-16(7-9-18)10-13-23-14-11-17(12-15-23)21-22-19-4-2-3-5-20(19)25-21/h2-9,17H,10-15H2,1H3. The second kappa shape index (κ2) is 7.54. The summed E-state index contributed by atoms with van der Waals surface area (Å²) in [7, 11) is 1.71. The number of rotatable bonds is 5. The topological polar surface area (TPSA) is 25.4 Å². The third kappa shape index (κ3) is 3.86.